The number of ether oxygens (including phenoxy) is 1. The molecule has 0 atom stereocenters. The van der Waals surface area contributed by atoms with Crippen LogP contribution in [-0.4, -0.2) is 29.0 Å². The van der Waals surface area contributed by atoms with Gasteiger partial charge < -0.3 is 10.1 Å². The van der Waals surface area contributed by atoms with Crippen LogP contribution < -0.4 is 5.32 Å². The van der Waals surface area contributed by atoms with Crippen molar-refractivity contribution in [1.29, 1.82) is 0 Å². The molecule has 0 radical (unpaired) electrons. The van der Waals surface area contributed by atoms with Crippen molar-refractivity contribution in [3.05, 3.63) is 42.7 Å². The van der Waals surface area contributed by atoms with Gasteiger partial charge in [0.2, 0.25) is 5.91 Å². The van der Waals surface area contributed by atoms with Crippen LogP contribution in [0.4, 0.5) is 5.69 Å². The summed E-state index contributed by atoms with van der Waals surface area (Å²) in [5.41, 5.74) is 2.30. The lowest BCUT2D eigenvalue weighted by Gasteiger charge is -2.10. The summed E-state index contributed by atoms with van der Waals surface area (Å²) in [6.07, 6.45) is 5.39. The van der Waals surface area contributed by atoms with Crippen LogP contribution in [-0.2, 0) is 14.3 Å². The number of hydrogen-bond donors (Lipinski definition) is 1. The van der Waals surface area contributed by atoms with Crippen molar-refractivity contribution in [2.75, 3.05) is 12.4 Å². The van der Waals surface area contributed by atoms with Gasteiger partial charge in [0, 0.05) is 36.0 Å². The molecule has 0 bridgehead atoms. The fourth-order valence-electron chi connectivity index (χ4n) is 2.75. The minimum Gasteiger partial charge on any atom is -0.469 e. The average Bonchev–Trinajstić information content (AvgIpc) is 2.65. The van der Waals surface area contributed by atoms with Crippen molar-refractivity contribution in [3.8, 4) is 0 Å². The first kappa shape index (κ1) is 16.8. The van der Waals surface area contributed by atoms with Gasteiger partial charge in [0.1, 0.15) is 0 Å². The van der Waals surface area contributed by atoms with Gasteiger partial charge in [-0.2, -0.15) is 0 Å². The summed E-state index contributed by atoms with van der Waals surface area (Å²) in [6.45, 7) is 0. The van der Waals surface area contributed by atoms with Crippen molar-refractivity contribution >= 4 is 39.4 Å². The van der Waals surface area contributed by atoms with Crippen LogP contribution in [0.2, 0.25) is 0 Å². The highest BCUT2D eigenvalue weighted by Gasteiger charge is 2.11. The van der Waals surface area contributed by atoms with Gasteiger partial charge in [0.25, 0.3) is 0 Å². The third-order valence-electron chi connectivity index (χ3n) is 4.00. The Bertz CT molecular complexity index is 924. The van der Waals surface area contributed by atoms with Gasteiger partial charge in [-0.25, -0.2) is 0 Å². The Hall–Kier alpha value is -3.02. The van der Waals surface area contributed by atoms with Crippen molar-refractivity contribution in [2.45, 2.75) is 25.7 Å². The summed E-state index contributed by atoms with van der Waals surface area (Å²) in [7, 11) is 1.36. The second-order valence-electron chi connectivity index (χ2n) is 5.73. The molecule has 1 amide bonds. The van der Waals surface area contributed by atoms with Gasteiger partial charge >= 0.3 is 5.97 Å². The lowest BCUT2D eigenvalue weighted by Crippen LogP contribution is -2.12. The smallest absolute Gasteiger partial charge is 0.305 e. The number of amides is 1. The molecule has 0 saturated heterocycles. The molecular formula is C19H19N3O3. The lowest BCUT2D eigenvalue weighted by atomic mass is 10.1. The zero-order valence-corrected chi connectivity index (χ0v) is 14.0. The monoisotopic (exact) mass is 337 g/mol. The third kappa shape index (κ3) is 3.91. The van der Waals surface area contributed by atoms with Gasteiger partial charge in [-0.3, -0.25) is 19.6 Å². The predicted octanol–water partition coefficient (Wildman–Crippen LogP) is 3.45. The summed E-state index contributed by atoms with van der Waals surface area (Å²) >= 11 is 0. The van der Waals surface area contributed by atoms with E-state index in [0.717, 1.165) is 27.5 Å². The molecule has 6 heteroatoms. The molecule has 1 N–H and O–H groups in total. The molecule has 0 spiro atoms. The molecule has 25 heavy (non-hydrogen) atoms. The molecule has 2 aromatic heterocycles. The van der Waals surface area contributed by atoms with E-state index in [4.69, 9.17) is 0 Å². The van der Waals surface area contributed by atoms with Crippen LogP contribution >= 0.6 is 0 Å². The number of anilines is 1. The van der Waals surface area contributed by atoms with Gasteiger partial charge in [-0.05, 0) is 37.1 Å². The number of aromatic nitrogens is 2. The molecule has 0 aliphatic rings. The summed E-state index contributed by atoms with van der Waals surface area (Å²) in [6, 6.07) is 9.48. The molecule has 2 heterocycles. The summed E-state index contributed by atoms with van der Waals surface area (Å²) in [5.74, 6) is -0.335. The Balaban J connectivity index is 1.76. The number of fused-ring (bicyclic) bond motifs is 3. The van der Waals surface area contributed by atoms with E-state index >= 15 is 0 Å². The number of unbranched alkanes of at least 4 members (excludes halogenated alkanes) is 1. The molecule has 0 saturated carbocycles. The fraction of sp³-hybridized carbons (Fsp3) is 0.263. The first-order valence-electron chi connectivity index (χ1n) is 8.18. The van der Waals surface area contributed by atoms with E-state index in [0.29, 0.717) is 25.7 Å². The number of pyridine rings is 2. The minimum absolute atomic E-state index is 0.0849. The third-order valence-corrected chi connectivity index (χ3v) is 4.00. The Morgan fingerprint density at radius 3 is 2.56 bits per heavy atom. The number of methoxy groups -OCH3 is 1. The number of hydrogen-bond acceptors (Lipinski definition) is 5. The standard InChI is InChI=1S/C19H19N3O3/c1-25-17(24)9-3-2-8-16(23)22-15-12-13-6-4-10-20-18(13)19-14(15)7-5-11-21-19/h4-7,10-12H,2-3,8-9H2,1H3,(H,22,23). The van der Waals surface area contributed by atoms with Crippen LogP contribution in [0.3, 0.4) is 0 Å². The molecule has 0 unspecified atom stereocenters. The minimum atomic E-state index is -0.250. The van der Waals surface area contributed by atoms with Gasteiger partial charge in [0.05, 0.1) is 23.8 Å². The molecule has 3 rings (SSSR count). The summed E-state index contributed by atoms with van der Waals surface area (Å²) in [4.78, 5) is 32.1. The van der Waals surface area contributed by atoms with E-state index in [9.17, 15) is 9.59 Å². The second-order valence-corrected chi connectivity index (χ2v) is 5.73. The van der Waals surface area contributed by atoms with Crippen LogP contribution in [0.15, 0.2) is 42.7 Å². The maximum absolute atomic E-state index is 12.2. The van der Waals surface area contributed by atoms with Crippen molar-refractivity contribution in [2.24, 2.45) is 0 Å². The Labute approximate surface area is 145 Å². The molecule has 0 aliphatic carbocycles. The number of carbonyl (C=O) groups excluding carboxylic acids is 2. The number of benzene rings is 1. The topological polar surface area (TPSA) is 81.2 Å². The van der Waals surface area contributed by atoms with Crippen LogP contribution in [0, 0.1) is 0 Å². The number of rotatable bonds is 6. The Kier molecular flexibility index (Phi) is 5.18. The molecule has 6 nitrogen and oxygen atoms in total. The van der Waals surface area contributed by atoms with E-state index in [1.165, 1.54) is 7.11 Å². The molecule has 0 fully saturated rings. The van der Waals surface area contributed by atoms with Crippen LogP contribution in [0.25, 0.3) is 21.8 Å². The lowest BCUT2D eigenvalue weighted by molar-refractivity contribution is -0.140. The quantitative estimate of drug-likeness (QED) is 0.423. The van der Waals surface area contributed by atoms with E-state index in [1.807, 2.05) is 30.3 Å². The number of esters is 1. The van der Waals surface area contributed by atoms with E-state index < -0.39 is 0 Å². The Morgan fingerprint density at radius 2 is 1.76 bits per heavy atom. The molecule has 3 aromatic rings. The first-order chi connectivity index (χ1) is 12.2. The molecular weight excluding hydrogens is 318 g/mol. The van der Waals surface area contributed by atoms with Crippen molar-refractivity contribution < 1.29 is 14.3 Å². The van der Waals surface area contributed by atoms with Gasteiger partial charge in [-0.1, -0.05) is 6.07 Å². The van der Waals surface area contributed by atoms with E-state index in [-0.39, 0.29) is 11.9 Å². The predicted molar refractivity (Wildman–Crippen MR) is 96.2 cm³/mol. The van der Waals surface area contributed by atoms with Crippen LogP contribution in [0.5, 0.6) is 0 Å². The zero-order valence-electron chi connectivity index (χ0n) is 14.0. The molecule has 1 aromatic carbocycles. The van der Waals surface area contributed by atoms with E-state index in [2.05, 4.69) is 20.0 Å². The summed E-state index contributed by atoms with van der Waals surface area (Å²) in [5, 5.41) is 4.74. The normalized spacial score (nSPS) is 10.8. The van der Waals surface area contributed by atoms with Gasteiger partial charge in [0.15, 0.2) is 0 Å². The first-order valence-corrected chi connectivity index (χ1v) is 8.18. The molecule has 0 aliphatic heterocycles. The van der Waals surface area contributed by atoms with Gasteiger partial charge in [-0.15, -0.1) is 0 Å². The average molecular weight is 337 g/mol. The molecule has 128 valence electrons. The van der Waals surface area contributed by atoms with Crippen LogP contribution in [0.1, 0.15) is 25.7 Å². The van der Waals surface area contributed by atoms with Crippen molar-refractivity contribution in [3.63, 3.8) is 0 Å². The van der Waals surface area contributed by atoms with E-state index in [1.54, 1.807) is 12.4 Å². The highest BCUT2D eigenvalue weighted by Crippen LogP contribution is 2.29. The second kappa shape index (κ2) is 7.70. The number of carbonyl (C=O) groups is 2. The number of nitrogens with zero attached hydrogens (tertiary/aromatic N) is 2. The largest absolute Gasteiger partial charge is 0.469 e. The zero-order chi connectivity index (χ0) is 17.6. The maximum Gasteiger partial charge on any atom is 0.305 e. The highest BCUT2D eigenvalue weighted by atomic mass is 16.5. The number of nitrogens with one attached hydrogen (secondary N) is 1. The van der Waals surface area contributed by atoms with Crippen molar-refractivity contribution in [1.82, 2.24) is 9.97 Å². The maximum atomic E-state index is 12.2. The summed E-state index contributed by atoms with van der Waals surface area (Å²) < 4.78 is 4.59. The SMILES string of the molecule is COC(=O)CCCCC(=O)Nc1cc2cccnc2c2ncccc12. The highest BCUT2D eigenvalue weighted by molar-refractivity contribution is 6.11. The fourth-order valence-corrected chi connectivity index (χ4v) is 2.75. The Morgan fingerprint density at radius 1 is 1.04 bits per heavy atom.